The monoisotopic (exact) mass is 408 g/mol. The summed E-state index contributed by atoms with van der Waals surface area (Å²) >= 11 is 0. The van der Waals surface area contributed by atoms with E-state index in [1.807, 2.05) is 30.3 Å². The summed E-state index contributed by atoms with van der Waals surface area (Å²) in [6.45, 7) is 0. The third kappa shape index (κ3) is 4.68. The normalized spacial score (nSPS) is 10.1. The summed E-state index contributed by atoms with van der Waals surface area (Å²) in [5.74, 6) is -1.01. The molecule has 144 valence electrons. The molecule has 2 N–H and O–H groups in total. The number of amides is 1. The number of anilines is 1. The first-order valence-electron chi connectivity index (χ1n) is 8.85. The fourth-order valence-corrected chi connectivity index (χ4v) is 2.98. The number of nitrogens with zero attached hydrogens (tertiary/aromatic N) is 1. The van der Waals surface area contributed by atoms with Gasteiger partial charge in [-0.05, 0) is 35.9 Å². The van der Waals surface area contributed by atoms with Crippen LogP contribution in [0.25, 0.3) is 22.5 Å². The number of hydrogen-bond donors (Lipinski definition) is 2. The Balaban J connectivity index is 0.00000171. The Hall–Kier alpha value is -3.19. The van der Waals surface area contributed by atoms with Crippen molar-refractivity contribution in [2.75, 3.05) is 5.32 Å². The van der Waals surface area contributed by atoms with E-state index in [1.54, 1.807) is 36.5 Å². The second kappa shape index (κ2) is 9.54. The molecule has 2 aromatic heterocycles. The van der Waals surface area contributed by atoms with Crippen molar-refractivity contribution < 1.29 is 50.1 Å². The van der Waals surface area contributed by atoms with Gasteiger partial charge in [0.25, 0.3) is 5.91 Å². The number of carbonyl (C=O) groups excluding carboxylic acids is 1. The predicted molar refractivity (Wildman–Crippen MR) is 110 cm³/mol. The van der Waals surface area contributed by atoms with Crippen LogP contribution < -0.4 is 34.9 Å². The van der Waals surface area contributed by atoms with Gasteiger partial charge in [0.05, 0.1) is 23.1 Å². The van der Waals surface area contributed by atoms with Gasteiger partial charge in [0.15, 0.2) is 0 Å². The Morgan fingerprint density at radius 1 is 0.900 bits per heavy atom. The molecule has 0 aliphatic heterocycles. The van der Waals surface area contributed by atoms with Crippen molar-refractivity contribution in [1.29, 1.82) is 0 Å². The molecule has 0 atom stereocenters. The topological polar surface area (TPSA) is 92.4 Å². The molecule has 2 aromatic carbocycles. The molecule has 2 heterocycles. The summed E-state index contributed by atoms with van der Waals surface area (Å²) < 4.78 is 5.36. The van der Waals surface area contributed by atoms with Gasteiger partial charge in [-0.3, -0.25) is 9.78 Å². The first kappa shape index (κ1) is 21.5. The van der Waals surface area contributed by atoms with Gasteiger partial charge in [0.2, 0.25) is 0 Å². The van der Waals surface area contributed by atoms with Gasteiger partial charge in [0.1, 0.15) is 5.76 Å². The molecule has 0 aliphatic carbocycles. The fraction of sp³-hybridized carbons (Fsp3) is 0. The molecule has 0 aliphatic rings. The van der Waals surface area contributed by atoms with Gasteiger partial charge < -0.3 is 16.3 Å². The molecular weight excluding hydrogens is 391 g/mol. The maximum atomic E-state index is 12.8. The molecular formula is C23H17N2NaO4. The van der Waals surface area contributed by atoms with E-state index in [1.165, 1.54) is 18.5 Å². The number of nitrogens with one attached hydrogen (secondary N) is 1. The van der Waals surface area contributed by atoms with Crippen molar-refractivity contribution in [3.63, 3.8) is 0 Å². The van der Waals surface area contributed by atoms with Crippen LogP contribution in [0.4, 0.5) is 5.69 Å². The van der Waals surface area contributed by atoms with Crippen LogP contribution in [-0.2, 0) is 0 Å². The predicted octanol–water partition coefficient (Wildman–Crippen LogP) is 2.08. The molecule has 4 aromatic rings. The zero-order chi connectivity index (χ0) is 20.2. The summed E-state index contributed by atoms with van der Waals surface area (Å²) in [5, 5.41) is 12.2. The Kier molecular flexibility index (Phi) is 6.84. The van der Waals surface area contributed by atoms with Gasteiger partial charge in [0, 0.05) is 23.5 Å². The molecule has 30 heavy (non-hydrogen) atoms. The largest absolute Gasteiger partial charge is 1.00 e. The second-order valence-electron chi connectivity index (χ2n) is 6.33. The summed E-state index contributed by atoms with van der Waals surface area (Å²) in [6.07, 6.45) is 4.64. The molecule has 0 spiro atoms. The van der Waals surface area contributed by atoms with Crippen molar-refractivity contribution >= 4 is 17.6 Å². The summed E-state index contributed by atoms with van der Waals surface area (Å²) in [6, 6.07) is 19.4. The number of carboxylic acid groups (broad SMARTS) is 1. The van der Waals surface area contributed by atoms with Gasteiger partial charge in [-0.1, -0.05) is 36.4 Å². The van der Waals surface area contributed by atoms with Crippen LogP contribution in [0.2, 0.25) is 0 Å². The maximum absolute atomic E-state index is 12.8. The average Bonchev–Trinajstić information content (AvgIpc) is 3.29. The van der Waals surface area contributed by atoms with E-state index in [0.29, 0.717) is 16.9 Å². The SMILES string of the molecule is O=C(Nc1cc(-c2ccco2)ccc1C(=O)O)c1cncc(-c2ccccc2)c1.[H-].[Na+]. The molecule has 6 nitrogen and oxygen atoms in total. The van der Waals surface area contributed by atoms with Gasteiger partial charge in [-0.25, -0.2) is 4.79 Å². The van der Waals surface area contributed by atoms with Crippen molar-refractivity contribution in [3.05, 3.63) is 96.5 Å². The van der Waals surface area contributed by atoms with Gasteiger partial charge in [-0.15, -0.1) is 0 Å². The molecule has 0 fully saturated rings. The van der Waals surface area contributed by atoms with Crippen molar-refractivity contribution in [2.24, 2.45) is 0 Å². The molecule has 7 heteroatoms. The van der Waals surface area contributed by atoms with E-state index in [4.69, 9.17) is 4.42 Å². The van der Waals surface area contributed by atoms with E-state index >= 15 is 0 Å². The summed E-state index contributed by atoms with van der Waals surface area (Å²) in [5.41, 5.74) is 2.88. The molecule has 0 saturated carbocycles. The van der Waals surface area contributed by atoms with Crippen molar-refractivity contribution in [2.45, 2.75) is 0 Å². The number of rotatable bonds is 5. The van der Waals surface area contributed by atoms with E-state index in [-0.39, 0.29) is 42.2 Å². The maximum Gasteiger partial charge on any atom is 1.00 e. The fourth-order valence-electron chi connectivity index (χ4n) is 2.98. The van der Waals surface area contributed by atoms with Crippen LogP contribution in [0.15, 0.2) is 89.8 Å². The minimum atomic E-state index is -1.14. The van der Waals surface area contributed by atoms with Gasteiger partial charge >= 0.3 is 35.5 Å². The van der Waals surface area contributed by atoms with Crippen LogP contribution in [0.1, 0.15) is 22.1 Å². The Labute approximate surface area is 196 Å². The van der Waals surface area contributed by atoms with Crippen molar-refractivity contribution in [3.8, 4) is 22.5 Å². The number of furan rings is 1. The second-order valence-corrected chi connectivity index (χ2v) is 6.33. The molecule has 4 rings (SSSR count). The van der Waals surface area contributed by atoms with E-state index in [2.05, 4.69) is 10.3 Å². The van der Waals surface area contributed by atoms with Gasteiger partial charge in [-0.2, -0.15) is 0 Å². The zero-order valence-corrected chi connectivity index (χ0v) is 18.2. The minimum absolute atomic E-state index is 0. The number of hydrogen-bond acceptors (Lipinski definition) is 4. The quantitative estimate of drug-likeness (QED) is 0.494. The molecule has 0 unspecified atom stereocenters. The van der Waals surface area contributed by atoms with Crippen LogP contribution >= 0.6 is 0 Å². The van der Waals surface area contributed by atoms with Crippen LogP contribution in [0.3, 0.4) is 0 Å². The molecule has 0 radical (unpaired) electrons. The first-order chi connectivity index (χ1) is 14.1. The number of benzene rings is 2. The molecule has 0 bridgehead atoms. The Bertz CT molecular complexity index is 1180. The number of aromatic nitrogens is 1. The zero-order valence-electron chi connectivity index (χ0n) is 17.2. The third-order valence-electron chi connectivity index (χ3n) is 4.41. The third-order valence-corrected chi connectivity index (χ3v) is 4.41. The summed E-state index contributed by atoms with van der Waals surface area (Å²) in [4.78, 5) is 28.5. The van der Waals surface area contributed by atoms with Crippen LogP contribution in [0.5, 0.6) is 0 Å². The van der Waals surface area contributed by atoms with E-state index in [9.17, 15) is 14.7 Å². The number of carbonyl (C=O) groups is 2. The smallest absolute Gasteiger partial charge is 1.00 e. The average molecular weight is 408 g/mol. The summed E-state index contributed by atoms with van der Waals surface area (Å²) in [7, 11) is 0. The van der Waals surface area contributed by atoms with Crippen molar-refractivity contribution in [1.82, 2.24) is 4.98 Å². The van der Waals surface area contributed by atoms with Crippen LogP contribution in [-0.4, -0.2) is 22.0 Å². The Morgan fingerprint density at radius 3 is 2.40 bits per heavy atom. The number of pyridine rings is 1. The molecule has 1 amide bonds. The minimum Gasteiger partial charge on any atom is -1.00 e. The standard InChI is InChI=1S/C23H16N2O4.Na.H/c26-22(18-11-17(13-24-14-18)15-5-2-1-3-6-15)25-20-12-16(21-7-4-10-29-21)8-9-19(20)23(27)28;;/h1-14H,(H,25,26)(H,27,28);;/q;+1;-1. The Morgan fingerprint density at radius 2 is 1.70 bits per heavy atom. The van der Waals surface area contributed by atoms with E-state index in [0.717, 1.165) is 11.1 Å². The van der Waals surface area contributed by atoms with Crippen LogP contribution in [0, 0.1) is 0 Å². The molecule has 0 saturated heterocycles. The van der Waals surface area contributed by atoms with E-state index < -0.39 is 11.9 Å². The number of carboxylic acids is 1. The first-order valence-corrected chi connectivity index (χ1v) is 8.85. The number of aromatic carboxylic acids is 1.